The van der Waals surface area contributed by atoms with E-state index in [0.29, 0.717) is 19.4 Å². The SMILES string of the molecule is NC(CCCOc1ccc(Cc2ccccc2)cc1)C(=O)O. The van der Waals surface area contributed by atoms with Gasteiger partial charge in [-0.15, -0.1) is 0 Å². The molecule has 0 aliphatic carbocycles. The summed E-state index contributed by atoms with van der Waals surface area (Å²) >= 11 is 0. The number of carbonyl (C=O) groups is 1. The Bertz CT molecular complexity index is 581. The maximum Gasteiger partial charge on any atom is 0.320 e. The summed E-state index contributed by atoms with van der Waals surface area (Å²) in [6.45, 7) is 0.471. The van der Waals surface area contributed by atoms with Crippen LogP contribution in [0.15, 0.2) is 54.6 Å². The topological polar surface area (TPSA) is 72.5 Å². The van der Waals surface area contributed by atoms with Gasteiger partial charge >= 0.3 is 5.97 Å². The fourth-order valence-electron chi connectivity index (χ4n) is 2.15. The molecule has 0 aromatic heterocycles. The van der Waals surface area contributed by atoms with Crippen LogP contribution in [-0.4, -0.2) is 23.7 Å². The number of aliphatic carboxylic acids is 1. The van der Waals surface area contributed by atoms with Gasteiger partial charge in [0.25, 0.3) is 0 Å². The largest absolute Gasteiger partial charge is 0.494 e. The summed E-state index contributed by atoms with van der Waals surface area (Å²) in [4.78, 5) is 10.6. The van der Waals surface area contributed by atoms with E-state index in [1.54, 1.807) is 0 Å². The number of carboxylic acid groups (broad SMARTS) is 1. The number of benzene rings is 2. The summed E-state index contributed by atoms with van der Waals surface area (Å²) in [7, 11) is 0. The quantitative estimate of drug-likeness (QED) is 0.735. The number of hydrogen-bond donors (Lipinski definition) is 2. The van der Waals surface area contributed by atoms with Crippen LogP contribution in [-0.2, 0) is 11.2 Å². The zero-order valence-electron chi connectivity index (χ0n) is 12.4. The standard InChI is InChI=1S/C18H21NO3/c19-17(18(20)21)7-4-12-22-16-10-8-15(9-11-16)13-14-5-2-1-3-6-14/h1-3,5-6,8-11,17H,4,7,12-13,19H2,(H,20,21). The minimum absolute atomic E-state index is 0.418. The van der Waals surface area contributed by atoms with Crippen LogP contribution in [0.5, 0.6) is 5.75 Å². The smallest absolute Gasteiger partial charge is 0.320 e. The number of rotatable bonds is 8. The van der Waals surface area contributed by atoms with Gasteiger partial charge in [-0.3, -0.25) is 4.79 Å². The molecule has 0 saturated heterocycles. The minimum Gasteiger partial charge on any atom is -0.494 e. The molecular weight excluding hydrogens is 278 g/mol. The van der Waals surface area contributed by atoms with Crippen LogP contribution in [0.3, 0.4) is 0 Å². The van der Waals surface area contributed by atoms with E-state index in [9.17, 15) is 4.79 Å². The summed E-state index contributed by atoms with van der Waals surface area (Å²) in [5.41, 5.74) is 7.94. The summed E-state index contributed by atoms with van der Waals surface area (Å²) in [6, 6.07) is 17.5. The lowest BCUT2D eigenvalue weighted by molar-refractivity contribution is -0.138. The van der Waals surface area contributed by atoms with Crippen molar-refractivity contribution in [1.82, 2.24) is 0 Å². The first-order chi connectivity index (χ1) is 10.6. The van der Waals surface area contributed by atoms with E-state index in [-0.39, 0.29) is 0 Å². The molecule has 0 saturated carbocycles. The average Bonchev–Trinajstić information content (AvgIpc) is 2.53. The van der Waals surface area contributed by atoms with Crippen LogP contribution in [0.2, 0.25) is 0 Å². The molecule has 0 heterocycles. The van der Waals surface area contributed by atoms with E-state index in [1.807, 2.05) is 42.5 Å². The van der Waals surface area contributed by atoms with Gasteiger partial charge in [-0.05, 0) is 42.5 Å². The first kappa shape index (κ1) is 16.0. The Kier molecular flexibility index (Phi) is 5.98. The third-order valence-corrected chi connectivity index (χ3v) is 3.42. The van der Waals surface area contributed by atoms with Crippen LogP contribution >= 0.6 is 0 Å². The van der Waals surface area contributed by atoms with Crippen LogP contribution in [0.1, 0.15) is 24.0 Å². The summed E-state index contributed by atoms with van der Waals surface area (Å²) in [5, 5.41) is 8.68. The number of ether oxygens (including phenoxy) is 1. The van der Waals surface area contributed by atoms with Crippen molar-refractivity contribution in [3.8, 4) is 5.75 Å². The maximum atomic E-state index is 10.6. The molecule has 0 aliphatic heterocycles. The molecular formula is C18H21NO3. The third kappa shape index (κ3) is 5.22. The van der Waals surface area contributed by atoms with E-state index < -0.39 is 12.0 Å². The molecule has 0 amide bonds. The molecule has 1 atom stereocenters. The zero-order chi connectivity index (χ0) is 15.8. The maximum absolute atomic E-state index is 10.6. The lowest BCUT2D eigenvalue weighted by atomic mass is 10.1. The van der Waals surface area contributed by atoms with Crippen molar-refractivity contribution in [3.05, 3.63) is 65.7 Å². The van der Waals surface area contributed by atoms with Gasteiger partial charge in [0.05, 0.1) is 6.61 Å². The highest BCUT2D eigenvalue weighted by molar-refractivity contribution is 5.72. The highest BCUT2D eigenvalue weighted by Gasteiger charge is 2.10. The van der Waals surface area contributed by atoms with E-state index in [4.69, 9.17) is 15.6 Å². The van der Waals surface area contributed by atoms with Crippen molar-refractivity contribution in [2.45, 2.75) is 25.3 Å². The Morgan fingerprint density at radius 2 is 1.68 bits per heavy atom. The monoisotopic (exact) mass is 299 g/mol. The Hall–Kier alpha value is -2.33. The number of hydrogen-bond acceptors (Lipinski definition) is 3. The summed E-state index contributed by atoms with van der Waals surface area (Å²) < 4.78 is 5.59. The van der Waals surface area contributed by atoms with E-state index in [0.717, 1.165) is 12.2 Å². The lowest BCUT2D eigenvalue weighted by Gasteiger charge is -2.09. The second kappa shape index (κ2) is 8.20. The number of nitrogens with two attached hydrogens (primary N) is 1. The molecule has 1 unspecified atom stereocenters. The Balaban J connectivity index is 1.76. The van der Waals surface area contributed by atoms with Gasteiger partial charge in [0.15, 0.2) is 0 Å². The molecule has 0 spiro atoms. The second-order valence-electron chi connectivity index (χ2n) is 5.24. The minimum atomic E-state index is -0.967. The van der Waals surface area contributed by atoms with Crippen LogP contribution in [0.4, 0.5) is 0 Å². The van der Waals surface area contributed by atoms with Gasteiger partial charge in [0, 0.05) is 0 Å². The predicted molar refractivity (Wildman–Crippen MR) is 86.0 cm³/mol. The predicted octanol–water partition coefficient (Wildman–Crippen LogP) is 2.85. The number of carboxylic acids is 1. The van der Waals surface area contributed by atoms with Crippen molar-refractivity contribution in [1.29, 1.82) is 0 Å². The van der Waals surface area contributed by atoms with Gasteiger partial charge in [0.1, 0.15) is 11.8 Å². The van der Waals surface area contributed by atoms with Crippen molar-refractivity contribution in [3.63, 3.8) is 0 Å². The molecule has 0 radical (unpaired) electrons. The molecule has 2 aromatic rings. The Morgan fingerprint density at radius 3 is 2.32 bits per heavy atom. The van der Waals surface area contributed by atoms with Gasteiger partial charge in [0.2, 0.25) is 0 Å². The first-order valence-corrected chi connectivity index (χ1v) is 7.39. The van der Waals surface area contributed by atoms with Crippen molar-refractivity contribution >= 4 is 5.97 Å². The second-order valence-corrected chi connectivity index (χ2v) is 5.24. The molecule has 0 bridgehead atoms. The highest BCUT2D eigenvalue weighted by Crippen LogP contribution is 2.15. The van der Waals surface area contributed by atoms with Crippen molar-refractivity contribution < 1.29 is 14.6 Å². The third-order valence-electron chi connectivity index (χ3n) is 3.42. The molecule has 22 heavy (non-hydrogen) atoms. The fourth-order valence-corrected chi connectivity index (χ4v) is 2.15. The van der Waals surface area contributed by atoms with Crippen LogP contribution < -0.4 is 10.5 Å². The van der Waals surface area contributed by atoms with Crippen LogP contribution in [0, 0.1) is 0 Å². The molecule has 116 valence electrons. The van der Waals surface area contributed by atoms with Crippen molar-refractivity contribution in [2.24, 2.45) is 5.73 Å². The summed E-state index contributed by atoms with van der Waals surface area (Å²) in [6.07, 6.45) is 1.94. The first-order valence-electron chi connectivity index (χ1n) is 7.39. The molecule has 0 fully saturated rings. The Labute approximate surface area is 130 Å². The average molecular weight is 299 g/mol. The fraction of sp³-hybridized carbons (Fsp3) is 0.278. The molecule has 2 aromatic carbocycles. The van der Waals surface area contributed by atoms with Gasteiger partial charge in [-0.25, -0.2) is 0 Å². The normalized spacial score (nSPS) is 11.9. The van der Waals surface area contributed by atoms with E-state index in [2.05, 4.69) is 12.1 Å². The van der Waals surface area contributed by atoms with Gasteiger partial charge in [-0.2, -0.15) is 0 Å². The van der Waals surface area contributed by atoms with E-state index >= 15 is 0 Å². The van der Waals surface area contributed by atoms with Gasteiger partial charge in [-0.1, -0.05) is 42.5 Å². The van der Waals surface area contributed by atoms with Crippen LogP contribution in [0.25, 0.3) is 0 Å². The van der Waals surface area contributed by atoms with E-state index in [1.165, 1.54) is 11.1 Å². The lowest BCUT2D eigenvalue weighted by Crippen LogP contribution is -2.30. The molecule has 0 aliphatic rings. The van der Waals surface area contributed by atoms with Gasteiger partial charge < -0.3 is 15.6 Å². The zero-order valence-corrected chi connectivity index (χ0v) is 12.4. The molecule has 3 N–H and O–H groups in total. The molecule has 4 heteroatoms. The van der Waals surface area contributed by atoms with Crippen molar-refractivity contribution in [2.75, 3.05) is 6.61 Å². The highest BCUT2D eigenvalue weighted by atomic mass is 16.5. The molecule has 2 rings (SSSR count). The summed E-state index contributed by atoms with van der Waals surface area (Å²) in [5.74, 6) is -0.175. The Morgan fingerprint density at radius 1 is 1.05 bits per heavy atom. The molecule has 4 nitrogen and oxygen atoms in total.